The first kappa shape index (κ1) is 8.37. The minimum atomic E-state index is 0.732. The lowest BCUT2D eigenvalue weighted by Gasteiger charge is -2.04. The van der Waals surface area contributed by atoms with Crippen LogP contribution >= 0.6 is 11.8 Å². The molecule has 0 radical (unpaired) electrons. The van der Waals surface area contributed by atoms with E-state index in [1.807, 2.05) is 11.8 Å². The molecule has 0 amide bonds. The topological polar surface area (TPSA) is 18.5 Å². The second-order valence-electron chi connectivity index (χ2n) is 2.35. The zero-order valence-corrected chi connectivity index (χ0v) is 7.15. The monoisotopic (exact) mass is 162 g/mol. The Morgan fingerprint density at radius 3 is 3.20 bits per heavy atom. The number of ether oxygens (including phenoxy) is 2. The summed E-state index contributed by atoms with van der Waals surface area (Å²) in [5.74, 6) is 1.10. The molecular weight excluding hydrogens is 148 g/mol. The Hall–Kier alpha value is 0.270. The summed E-state index contributed by atoms with van der Waals surface area (Å²) in [6.45, 7) is 2.75. The summed E-state index contributed by atoms with van der Waals surface area (Å²) in [6, 6.07) is 0. The number of methoxy groups -OCH3 is 1. The van der Waals surface area contributed by atoms with Crippen LogP contribution < -0.4 is 0 Å². The standard InChI is InChI=1S/C7H14O2S/c1-8-4-5-10-7-2-3-9-6-7/h7H,2-6H2,1H3. The van der Waals surface area contributed by atoms with Gasteiger partial charge in [0.2, 0.25) is 0 Å². The Balaban J connectivity index is 1.91. The van der Waals surface area contributed by atoms with E-state index in [0.29, 0.717) is 0 Å². The van der Waals surface area contributed by atoms with Gasteiger partial charge in [-0.1, -0.05) is 0 Å². The van der Waals surface area contributed by atoms with Crippen LogP contribution in [0.15, 0.2) is 0 Å². The van der Waals surface area contributed by atoms with Crippen molar-refractivity contribution < 1.29 is 9.47 Å². The molecule has 0 aromatic rings. The van der Waals surface area contributed by atoms with E-state index in [2.05, 4.69) is 0 Å². The lowest BCUT2D eigenvalue weighted by Crippen LogP contribution is -2.04. The molecule has 1 atom stereocenters. The quantitative estimate of drug-likeness (QED) is 0.578. The van der Waals surface area contributed by atoms with Crippen LogP contribution in [0.25, 0.3) is 0 Å². The second kappa shape index (κ2) is 4.99. The number of thioether (sulfide) groups is 1. The van der Waals surface area contributed by atoms with E-state index in [0.717, 1.165) is 30.8 Å². The Bertz CT molecular complexity index is 81.7. The van der Waals surface area contributed by atoms with E-state index in [4.69, 9.17) is 9.47 Å². The molecule has 1 unspecified atom stereocenters. The molecule has 1 saturated heterocycles. The third-order valence-corrected chi connectivity index (χ3v) is 2.77. The van der Waals surface area contributed by atoms with Gasteiger partial charge in [-0.05, 0) is 6.42 Å². The first-order chi connectivity index (χ1) is 4.93. The predicted octanol–water partition coefficient (Wildman–Crippen LogP) is 1.15. The molecule has 0 bridgehead atoms. The molecule has 0 aliphatic carbocycles. The first-order valence-corrected chi connectivity index (χ1v) is 4.66. The van der Waals surface area contributed by atoms with Crippen LogP contribution in [0, 0.1) is 0 Å². The molecule has 3 heteroatoms. The predicted molar refractivity (Wildman–Crippen MR) is 43.6 cm³/mol. The van der Waals surface area contributed by atoms with Gasteiger partial charge in [0.25, 0.3) is 0 Å². The molecule has 0 saturated carbocycles. The van der Waals surface area contributed by atoms with Crippen LogP contribution in [0.3, 0.4) is 0 Å². The molecular formula is C7H14O2S. The molecule has 1 aliphatic heterocycles. The first-order valence-electron chi connectivity index (χ1n) is 3.62. The van der Waals surface area contributed by atoms with Gasteiger partial charge >= 0.3 is 0 Å². The van der Waals surface area contributed by atoms with Gasteiger partial charge in [-0.3, -0.25) is 0 Å². The third kappa shape index (κ3) is 2.90. The zero-order chi connectivity index (χ0) is 7.23. The lowest BCUT2D eigenvalue weighted by molar-refractivity contribution is 0.199. The molecule has 60 valence electrons. The maximum Gasteiger partial charge on any atom is 0.0585 e. The van der Waals surface area contributed by atoms with Gasteiger partial charge in [-0.25, -0.2) is 0 Å². The smallest absolute Gasteiger partial charge is 0.0585 e. The van der Waals surface area contributed by atoms with Crippen molar-refractivity contribution in [3.8, 4) is 0 Å². The highest BCUT2D eigenvalue weighted by Gasteiger charge is 2.14. The van der Waals surface area contributed by atoms with Gasteiger partial charge in [0, 0.05) is 24.7 Å². The maximum atomic E-state index is 5.23. The summed E-state index contributed by atoms with van der Waals surface area (Å²) < 4.78 is 10.2. The highest BCUT2D eigenvalue weighted by molar-refractivity contribution is 7.99. The molecule has 1 fully saturated rings. The van der Waals surface area contributed by atoms with E-state index in [-0.39, 0.29) is 0 Å². The summed E-state index contributed by atoms with van der Waals surface area (Å²) in [5.41, 5.74) is 0. The fourth-order valence-corrected chi connectivity index (χ4v) is 1.99. The summed E-state index contributed by atoms with van der Waals surface area (Å²) >= 11 is 1.96. The van der Waals surface area contributed by atoms with Gasteiger partial charge in [0.05, 0.1) is 13.2 Å². The largest absolute Gasteiger partial charge is 0.384 e. The Morgan fingerprint density at radius 1 is 1.70 bits per heavy atom. The summed E-state index contributed by atoms with van der Waals surface area (Å²) in [6.07, 6.45) is 1.22. The average Bonchev–Trinajstić information content (AvgIpc) is 2.41. The fourth-order valence-electron chi connectivity index (χ4n) is 0.942. The van der Waals surface area contributed by atoms with E-state index >= 15 is 0 Å². The number of rotatable bonds is 4. The van der Waals surface area contributed by atoms with Gasteiger partial charge in [-0.15, -0.1) is 0 Å². The second-order valence-corrected chi connectivity index (χ2v) is 3.76. The van der Waals surface area contributed by atoms with Crippen molar-refractivity contribution in [2.75, 3.05) is 32.7 Å². The molecule has 0 N–H and O–H groups in total. The normalized spacial score (nSPS) is 25.5. The fraction of sp³-hybridized carbons (Fsp3) is 1.00. The van der Waals surface area contributed by atoms with Crippen molar-refractivity contribution in [3.05, 3.63) is 0 Å². The molecule has 1 rings (SSSR count). The summed E-state index contributed by atoms with van der Waals surface area (Å²) in [7, 11) is 1.74. The van der Waals surface area contributed by atoms with Gasteiger partial charge in [0.15, 0.2) is 0 Å². The lowest BCUT2D eigenvalue weighted by atomic mass is 10.4. The third-order valence-electron chi connectivity index (χ3n) is 1.53. The highest BCUT2D eigenvalue weighted by Crippen LogP contribution is 2.19. The van der Waals surface area contributed by atoms with E-state index in [9.17, 15) is 0 Å². The minimum absolute atomic E-state index is 0.732. The average molecular weight is 162 g/mol. The minimum Gasteiger partial charge on any atom is -0.384 e. The van der Waals surface area contributed by atoms with Crippen molar-refractivity contribution in [3.63, 3.8) is 0 Å². The molecule has 1 aliphatic rings. The molecule has 0 aromatic heterocycles. The number of hydrogen-bond acceptors (Lipinski definition) is 3. The Labute approximate surface area is 66.3 Å². The van der Waals surface area contributed by atoms with Crippen LogP contribution in [-0.2, 0) is 9.47 Å². The van der Waals surface area contributed by atoms with Gasteiger partial charge in [0.1, 0.15) is 0 Å². The summed E-state index contributed by atoms with van der Waals surface area (Å²) in [4.78, 5) is 0. The maximum absolute atomic E-state index is 5.23. The van der Waals surface area contributed by atoms with Crippen molar-refractivity contribution in [2.24, 2.45) is 0 Å². The Morgan fingerprint density at radius 2 is 2.60 bits per heavy atom. The SMILES string of the molecule is COCCSC1CCOC1. The van der Waals surface area contributed by atoms with Crippen LogP contribution in [0.1, 0.15) is 6.42 Å². The van der Waals surface area contributed by atoms with Crippen LogP contribution in [-0.4, -0.2) is 37.9 Å². The highest BCUT2D eigenvalue weighted by atomic mass is 32.2. The van der Waals surface area contributed by atoms with Gasteiger partial charge in [-0.2, -0.15) is 11.8 Å². The van der Waals surface area contributed by atoms with Crippen molar-refractivity contribution >= 4 is 11.8 Å². The molecule has 2 nitrogen and oxygen atoms in total. The van der Waals surface area contributed by atoms with Crippen LogP contribution in [0.4, 0.5) is 0 Å². The molecule has 1 heterocycles. The molecule has 10 heavy (non-hydrogen) atoms. The van der Waals surface area contributed by atoms with Crippen molar-refractivity contribution in [2.45, 2.75) is 11.7 Å². The van der Waals surface area contributed by atoms with E-state index in [1.165, 1.54) is 6.42 Å². The van der Waals surface area contributed by atoms with Gasteiger partial charge < -0.3 is 9.47 Å². The Kier molecular flexibility index (Phi) is 4.18. The van der Waals surface area contributed by atoms with Crippen molar-refractivity contribution in [1.82, 2.24) is 0 Å². The van der Waals surface area contributed by atoms with E-state index < -0.39 is 0 Å². The van der Waals surface area contributed by atoms with Crippen molar-refractivity contribution in [1.29, 1.82) is 0 Å². The molecule has 0 spiro atoms. The number of hydrogen-bond donors (Lipinski definition) is 0. The molecule has 0 aromatic carbocycles. The van der Waals surface area contributed by atoms with Crippen LogP contribution in [0.5, 0.6) is 0 Å². The van der Waals surface area contributed by atoms with E-state index in [1.54, 1.807) is 7.11 Å². The zero-order valence-electron chi connectivity index (χ0n) is 6.34. The van der Waals surface area contributed by atoms with Crippen LogP contribution in [0.2, 0.25) is 0 Å². The summed E-state index contributed by atoms with van der Waals surface area (Å²) in [5, 5.41) is 0.732.